The summed E-state index contributed by atoms with van der Waals surface area (Å²) in [5, 5.41) is 22.5. The predicted octanol–water partition coefficient (Wildman–Crippen LogP) is 1.82. The zero-order valence-corrected chi connectivity index (χ0v) is 26.7. The van der Waals surface area contributed by atoms with Crippen molar-refractivity contribution >= 4 is 40.7 Å². The fourth-order valence-corrected chi connectivity index (χ4v) is 5.95. The van der Waals surface area contributed by atoms with Gasteiger partial charge in [-0.15, -0.1) is 0 Å². The highest BCUT2D eigenvalue weighted by Gasteiger charge is 2.32. The summed E-state index contributed by atoms with van der Waals surface area (Å²) in [6.07, 6.45) is -0.480. The minimum absolute atomic E-state index is 0.0865. The number of fused-ring (bicyclic) bond motifs is 2. The monoisotopic (exact) mass is 661 g/mol. The number of aliphatic carboxylic acids is 1. The summed E-state index contributed by atoms with van der Waals surface area (Å²) >= 11 is 0. The van der Waals surface area contributed by atoms with Crippen molar-refractivity contribution in [2.45, 2.75) is 44.8 Å². The number of pyridine rings is 1. The van der Waals surface area contributed by atoms with Gasteiger partial charge in [-0.1, -0.05) is 36.4 Å². The number of aliphatic hydroxyl groups is 1. The normalized spacial score (nSPS) is 16.5. The molecular formula is C34H39N5O9. The van der Waals surface area contributed by atoms with E-state index < -0.39 is 36.0 Å². The first-order valence-corrected chi connectivity index (χ1v) is 15.9. The summed E-state index contributed by atoms with van der Waals surface area (Å²) in [4.78, 5) is 72.9. The number of amides is 4. The van der Waals surface area contributed by atoms with Crippen LogP contribution in [0, 0.1) is 0 Å². The van der Waals surface area contributed by atoms with Crippen LogP contribution >= 0.6 is 0 Å². The summed E-state index contributed by atoms with van der Waals surface area (Å²) in [7, 11) is 0. The van der Waals surface area contributed by atoms with Crippen LogP contribution in [0.25, 0.3) is 10.9 Å². The van der Waals surface area contributed by atoms with E-state index in [9.17, 15) is 34.2 Å². The molecule has 0 spiro atoms. The van der Waals surface area contributed by atoms with Gasteiger partial charge in [-0.3, -0.25) is 19.2 Å². The molecule has 5 rings (SSSR count). The van der Waals surface area contributed by atoms with Crippen molar-refractivity contribution in [1.82, 2.24) is 25.0 Å². The third kappa shape index (κ3) is 8.00. The van der Waals surface area contributed by atoms with Crippen LogP contribution in [-0.2, 0) is 32.1 Å². The second kappa shape index (κ2) is 15.6. The quantitative estimate of drug-likeness (QED) is 0.275. The lowest BCUT2D eigenvalue weighted by Gasteiger charge is -2.36. The number of piperazine rings is 1. The average Bonchev–Trinajstić information content (AvgIpc) is 3.11. The Morgan fingerprint density at radius 3 is 2.38 bits per heavy atom. The van der Waals surface area contributed by atoms with Crippen molar-refractivity contribution in [1.29, 1.82) is 0 Å². The van der Waals surface area contributed by atoms with E-state index in [1.54, 1.807) is 36.1 Å². The first kappa shape index (κ1) is 34.1. The number of benzene rings is 2. The average molecular weight is 662 g/mol. The van der Waals surface area contributed by atoms with Gasteiger partial charge in [0.25, 0.3) is 11.8 Å². The van der Waals surface area contributed by atoms with Crippen LogP contribution < -0.4 is 10.1 Å². The molecule has 48 heavy (non-hydrogen) atoms. The van der Waals surface area contributed by atoms with Gasteiger partial charge in [-0.2, -0.15) is 0 Å². The van der Waals surface area contributed by atoms with Crippen LogP contribution in [0.2, 0.25) is 0 Å². The number of carboxylic acid groups (broad SMARTS) is 1. The summed E-state index contributed by atoms with van der Waals surface area (Å²) in [5.74, 6) is -2.44. The van der Waals surface area contributed by atoms with Gasteiger partial charge in [0.15, 0.2) is 6.61 Å². The number of carbonyl (C=O) groups excluding carboxylic acids is 4. The molecule has 0 aliphatic carbocycles. The van der Waals surface area contributed by atoms with Crippen molar-refractivity contribution in [3.8, 4) is 5.75 Å². The number of carboxylic acids is 1. The van der Waals surface area contributed by atoms with E-state index in [-0.39, 0.29) is 76.2 Å². The number of aromatic nitrogens is 1. The number of hydrogen-bond acceptors (Lipinski definition) is 9. The highest BCUT2D eigenvalue weighted by Crippen LogP contribution is 2.27. The Labute approximate surface area is 277 Å². The Morgan fingerprint density at radius 1 is 0.979 bits per heavy atom. The van der Waals surface area contributed by atoms with Gasteiger partial charge >= 0.3 is 12.1 Å². The van der Waals surface area contributed by atoms with Crippen molar-refractivity contribution < 1.29 is 43.7 Å². The zero-order chi connectivity index (χ0) is 34.2. The molecular weight excluding hydrogens is 622 g/mol. The highest BCUT2D eigenvalue weighted by molar-refractivity contribution is 5.99. The summed E-state index contributed by atoms with van der Waals surface area (Å²) < 4.78 is 11.0. The fraction of sp³-hybridized carbons (Fsp3) is 0.412. The Morgan fingerprint density at radius 2 is 1.67 bits per heavy atom. The van der Waals surface area contributed by atoms with Gasteiger partial charge in [0.05, 0.1) is 24.8 Å². The first-order chi connectivity index (χ1) is 23.2. The lowest BCUT2D eigenvalue weighted by atomic mass is 9.94. The van der Waals surface area contributed by atoms with E-state index in [0.717, 1.165) is 11.1 Å². The maximum atomic E-state index is 13.6. The van der Waals surface area contributed by atoms with Crippen molar-refractivity contribution in [3.05, 3.63) is 71.4 Å². The number of nitrogens with zero attached hydrogens (tertiary/aromatic N) is 4. The first-order valence-electron chi connectivity index (χ1n) is 15.9. The van der Waals surface area contributed by atoms with Gasteiger partial charge in [-0.25, -0.2) is 9.78 Å². The number of para-hydroxylation sites is 1. The van der Waals surface area contributed by atoms with E-state index in [2.05, 4.69) is 10.3 Å². The molecule has 1 saturated heterocycles. The van der Waals surface area contributed by atoms with E-state index in [1.165, 1.54) is 15.9 Å². The topological polar surface area (TPSA) is 179 Å². The van der Waals surface area contributed by atoms with Crippen LogP contribution in [0.1, 0.15) is 41.4 Å². The number of aliphatic hydroxyl groups excluding tert-OH is 1. The molecule has 254 valence electrons. The Bertz CT molecular complexity index is 1670. The lowest BCUT2D eigenvalue weighted by molar-refractivity contribution is -0.139. The molecule has 1 aromatic heterocycles. The maximum Gasteiger partial charge on any atom is 0.409 e. The van der Waals surface area contributed by atoms with E-state index in [4.69, 9.17) is 9.47 Å². The predicted molar refractivity (Wildman–Crippen MR) is 172 cm³/mol. The molecule has 4 amide bonds. The summed E-state index contributed by atoms with van der Waals surface area (Å²) in [6.45, 7) is 2.56. The van der Waals surface area contributed by atoms with Crippen LogP contribution in [0.4, 0.5) is 4.79 Å². The SMILES string of the molecule is CCOC(=O)N1CCN(C(=O)C(CCC(=O)O)NC(=O)c2cc(OCC(=O)N3Cc4ccccc4CC3CO)c3ccccc3n2)CC1. The minimum atomic E-state index is -1.17. The van der Waals surface area contributed by atoms with Crippen LogP contribution in [0.15, 0.2) is 54.6 Å². The third-order valence-electron chi connectivity index (χ3n) is 8.52. The fourth-order valence-electron chi connectivity index (χ4n) is 5.95. The molecule has 14 heteroatoms. The molecule has 2 aromatic carbocycles. The minimum Gasteiger partial charge on any atom is -0.483 e. The van der Waals surface area contributed by atoms with Gasteiger partial charge < -0.3 is 39.7 Å². The molecule has 3 N–H and O–H groups in total. The molecule has 2 aliphatic heterocycles. The Hall–Kier alpha value is -5.24. The van der Waals surface area contributed by atoms with E-state index >= 15 is 0 Å². The molecule has 2 aliphatic rings. The van der Waals surface area contributed by atoms with Crippen LogP contribution in [-0.4, -0.2) is 118 Å². The number of nitrogens with one attached hydrogen (secondary N) is 1. The number of ether oxygens (including phenoxy) is 2. The Balaban J connectivity index is 1.30. The van der Waals surface area contributed by atoms with Crippen LogP contribution in [0.3, 0.4) is 0 Å². The molecule has 0 bridgehead atoms. The van der Waals surface area contributed by atoms with Crippen molar-refractivity contribution in [3.63, 3.8) is 0 Å². The number of rotatable bonds is 11. The third-order valence-corrected chi connectivity index (χ3v) is 8.52. The van der Waals surface area contributed by atoms with E-state index in [0.29, 0.717) is 23.9 Å². The molecule has 0 radical (unpaired) electrons. The molecule has 2 atom stereocenters. The molecule has 3 heterocycles. The second-order valence-corrected chi connectivity index (χ2v) is 11.6. The largest absolute Gasteiger partial charge is 0.483 e. The molecule has 2 unspecified atom stereocenters. The lowest BCUT2D eigenvalue weighted by Crippen LogP contribution is -2.56. The van der Waals surface area contributed by atoms with Crippen LogP contribution in [0.5, 0.6) is 5.75 Å². The standard InChI is InChI=1S/C34H39N5O9/c1-2-47-34(46)38-15-13-37(14-16-38)33(45)27(11-12-31(42)43)36-32(44)28-18-29(25-9-5-6-10-26(25)35-28)48-21-30(41)39-19-23-8-4-3-7-22(23)17-24(39)20-40/h3-10,18,24,27,40H,2,11-17,19-21H2,1H3,(H,36,44)(H,42,43). The summed E-state index contributed by atoms with van der Waals surface area (Å²) in [6, 6.07) is 14.5. The van der Waals surface area contributed by atoms with Gasteiger partial charge in [0, 0.05) is 50.6 Å². The summed E-state index contributed by atoms with van der Waals surface area (Å²) in [5.41, 5.74) is 2.40. The smallest absolute Gasteiger partial charge is 0.409 e. The zero-order valence-electron chi connectivity index (χ0n) is 26.7. The van der Waals surface area contributed by atoms with Gasteiger partial charge in [-0.05, 0) is 43.0 Å². The van der Waals surface area contributed by atoms with Gasteiger partial charge in [0.1, 0.15) is 17.5 Å². The second-order valence-electron chi connectivity index (χ2n) is 11.6. The van der Waals surface area contributed by atoms with Crippen molar-refractivity contribution in [2.75, 3.05) is 46.0 Å². The van der Waals surface area contributed by atoms with Gasteiger partial charge in [0.2, 0.25) is 5.91 Å². The molecule has 0 saturated carbocycles. The van der Waals surface area contributed by atoms with Crippen molar-refractivity contribution in [2.24, 2.45) is 0 Å². The number of carbonyl (C=O) groups is 5. The van der Waals surface area contributed by atoms with E-state index in [1.807, 2.05) is 24.3 Å². The molecule has 14 nitrogen and oxygen atoms in total. The molecule has 3 aromatic rings. The maximum absolute atomic E-state index is 13.6. The molecule has 1 fully saturated rings. The number of hydrogen-bond donors (Lipinski definition) is 3. The Kier molecular flexibility index (Phi) is 11.1. The highest BCUT2D eigenvalue weighted by atomic mass is 16.6.